The number of carbonyl (C=O) groups is 1. The van der Waals surface area contributed by atoms with Gasteiger partial charge in [0.2, 0.25) is 5.75 Å². The zero-order chi connectivity index (χ0) is 19.7. The van der Waals surface area contributed by atoms with Crippen LogP contribution in [0, 0.1) is 0 Å². The van der Waals surface area contributed by atoms with Gasteiger partial charge < -0.3 is 28.0 Å². The van der Waals surface area contributed by atoms with Crippen molar-refractivity contribution < 1.29 is 37.4 Å². The number of methoxy groups -OCH3 is 3. The fourth-order valence-electron chi connectivity index (χ4n) is 2.53. The lowest BCUT2D eigenvalue weighted by Crippen LogP contribution is -2.20. The maximum atomic E-state index is 13.4. The van der Waals surface area contributed by atoms with Crippen LogP contribution in [-0.2, 0) is 23.1 Å². The molecule has 1 aromatic rings. The smallest absolute Gasteiger partial charge is 0.349 e. The fourth-order valence-corrected chi connectivity index (χ4v) is 4.50. The SMILES string of the molecule is CCOC(=O)[C@H](c1ccc(OC)c(OC)c1OC)P(=O)(OCC)OCC. The lowest BCUT2D eigenvalue weighted by atomic mass is 10.1. The Labute approximate surface area is 154 Å². The number of rotatable bonds is 11. The van der Waals surface area contributed by atoms with E-state index in [2.05, 4.69) is 0 Å². The predicted octanol–water partition coefficient (Wildman–Crippen LogP) is 3.58. The summed E-state index contributed by atoms with van der Waals surface area (Å²) < 4.78 is 45.3. The van der Waals surface area contributed by atoms with Crippen molar-refractivity contribution in [1.82, 2.24) is 0 Å². The van der Waals surface area contributed by atoms with Gasteiger partial charge in [0.25, 0.3) is 0 Å². The van der Waals surface area contributed by atoms with Crippen molar-refractivity contribution in [3.05, 3.63) is 17.7 Å². The van der Waals surface area contributed by atoms with E-state index in [1.54, 1.807) is 32.9 Å². The normalized spacial score (nSPS) is 12.4. The van der Waals surface area contributed by atoms with Crippen LogP contribution in [0.2, 0.25) is 0 Å². The first-order valence-electron chi connectivity index (χ1n) is 8.28. The van der Waals surface area contributed by atoms with E-state index in [1.165, 1.54) is 21.3 Å². The van der Waals surface area contributed by atoms with Gasteiger partial charge in [0.05, 0.1) is 41.2 Å². The second-order valence-corrected chi connectivity index (χ2v) is 7.07. The van der Waals surface area contributed by atoms with Gasteiger partial charge in [-0.2, -0.15) is 0 Å². The number of esters is 1. The molecule has 26 heavy (non-hydrogen) atoms. The molecule has 0 heterocycles. The summed E-state index contributed by atoms with van der Waals surface area (Å²) in [5.74, 6) is 0.132. The first-order valence-corrected chi connectivity index (χ1v) is 9.89. The Bertz CT molecular complexity index is 636. The van der Waals surface area contributed by atoms with Crippen molar-refractivity contribution in [2.75, 3.05) is 41.2 Å². The van der Waals surface area contributed by atoms with Crippen LogP contribution in [0.4, 0.5) is 0 Å². The number of hydrogen-bond acceptors (Lipinski definition) is 8. The Balaban J connectivity index is 3.67. The first-order chi connectivity index (χ1) is 12.4. The standard InChI is InChI=1S/C17H27O8P/c1-7-23-17(18)16(26(19,24-8-2)25-9-3)12-10-11-13(20-4)15(22-6)14(12)21-5/h10-11,16H,7-9H2,1-6H3/t16-/m0/s1. The van der Waals surface area contributed by atoms with Crippen molar-refractivity contribution in [1.29, 1.82) is 0 Å². The van der Waals surface area contributed by atoms with Gasteiger partial charge in [0.15, 0.2) is 17.2 Å². The number of benzene rings is 1. The molecule has 0 aliphatic carbocycles. The average molecular weight is 390 g/mol. The molecule has 0 unspecified atom stereocenters. The Morgan fingerprint density at radius 1 is 0.923 bits per heavy atom. The summed E-state index contributed by atoms with van der Waals surface area (Å²) in [6.45, 7) is 5.31. The minimum atomic E-state index is -3.88. The molecular formula is C17H27O8P. The molecule has 0 saturated carbocycles. The van der Waals surface area contributed by atoms with Crippen LogP contribution in [0.3, 0.4) is 0 Å². The zero-order valence-electron chi connectivity index (χ0n) is 16.1. The molecular weight excluding hydrogens is 363 g/mol. The van der Waals surface area contributed by atoms with Crippen molar-refractivity contribution in [3.63, 3.8) is 0 Å². The highest BCUT2D eigenvalue weighted by molar-refractivity contribution is 7.55. The largest absolute Gasteiger partial charge is 0.493 e. The number of carbonyl (C=O) groups excluding carboxylic acids is 1. The molecule has 0 aliphatic rings. The molecule has 0 N–H and O–H groups in total. The fraction of sp³-hybridized carbons (Fsp3) is 0.588. The highest BCUT2D eigenvalue weighted by atomic mass is 31.2. The van der Waals surface area contributed by atoms with Gasteiger partial charge in [0, 0.05) is 5.56 Å². The Morgan fingerprint density at radius 2 is 1.50 bits per heavy atom. The third-order valence-corrected chi connectivity index (χ3v) is 5.83. The quantitative estimate of drug-likeness (QED) is 0.418. The number of hydrogen-bond donors (Lipinski definition) is 0. The van der Waals surface area contributed by atoms with Crippen LogP contribution in [0.25, 0.3) is 0 Å². The molecule has 1 aromatic carbocycles. The van der Waals surface area contributed by atoms with Crippen LogP contribution in [-0.4, -0.2) is 47.1 Å². The molecule has 0 aliphatic heterocycles. The molecule has 1 rings (SSSR count). The van der Waals surface area contributed by atoms with E-state index < -0.39 is 19.2 Å². The van der Waals surface area contributed by atoms with Crippen LogP contribution >= 0.6 is 7.60 Å². The van der Waals surface area contributed by atoms with Crippen LogP contribution in [0.1, 0.15) is 32.0 Å². The summed E-state index contributed by atoms with van der Waals surface area (Å²) >= 11 is 0. The predicted molar refractivity (Wildman–Crippen MR) is 96.3 cm³/mol. The molecule has 1 atom stereocenters. The lowest BCUT2D eigenvalue weighted by molar-refractivity contribution is -0.143. The minimum Gasteiger partial charge on any atom is -0.493 e. The second kappa shape index (κ2) is 10.4. The van der Waals surface area contributed by atoms with Gasteiger partial charge in [-0.15, -0.1) is 0 Å². The van der Waals surface area contributed by atoms with Gasteiger partial charge in [-0.05, 0) is 32.9 Å². The summed E-state index contributed by atoms with van der Waals surface area (Å²) in [6.07, 6.45) is 0. The van der Waals surface area contributed by atoms with E-state index >= 15 is 0 Å². The Morgan fingerprint density at radius 3 is 1.92 bits per heavy atom. The van der Waals surface area contributed by atoms with Gasteiger partial charge in [-0.3, -0.25) is 9.36 Å². The van der Waals surface area contributed by atoms with Gasteiger partial charge in [-0.1, -0.05) is 0 Å². The first kappa shape index (κ1) is 22.3. The Hall–Kier alpha value is -1.76. The molecule has 8 nitrogen and oxygen atoms in total. The minimum absolute atomic E-state index is 0.1000. The maximum Gasteiger partial charge on any atom is 0.349 e. The third-order valence-electron chi connectivity index (χ3n) is 3.47. The molecule has 0 bridgehead atoms. The van der Waals surface area contributed by atoms with Gasteiger partial charge in [-0.25, -0.2) is 0 Å². The van der Waals surface area contributed by atoms with Crippen LogP contribution in [0.5, 0.6) is 17.2 Å². The lowest BCUT2D eigenvalue weighted by Gasteiger charge is -2.27. The highest BCUT2D eigenvalue weighted by Gasteiger charge is 2.46. The monoisotopic (exact) mass is 390 g/mol. The summed E-state index contributed by atoms with van der Waals surface area (Å²) in [5.41, 5.74) is -1.05. The summed E-state index contributed by atoms with van der Waals surface area (Å²) in [4.78, 5) is 12.7. The highest BCUT2D eigenvalue weighted by Crippen LogP contribution is 2.63. The van der Waals surface area contributed by atoms with E-state index in [9.17, 15) is 9.36 Å². The summed E-state index contributed by atoms with van der Waals surface area (Å²) in [6, 6.07) is 3.15. The third kappa shape index (κ3) is 4.69. The second-order valence-electron chi connectivity index (χ2n) is 4.95. The van der Waals surface area contributed by atoms with E-state index in [0.29, 0.717) is 5.75 Å². The Kier molecular flexibility index (Phi) is 8.92. The molecule has 0 aromatic heterocycles. The molecule has 148 valence electrons. The number of ether oxygens (including phenoxy) is 4. The molecule has 0 saturated heterocycles. The topological polar surface area (TPSA) is 89.5 Å². The summed E-state index contributed by atoms with van der Waals surface area (Å²) in [5, 5.41) is 0. The van der Waals surface area contributed by atoms with Gasteiger partial charge in [0.1, 0.15) is 0 Å². The van der Waals surface area contributed by atoms with Crippen molar-refractivity contribution in [2.45, 2.75) is 26.4 Å². The maximum absolute atomic E-state index is 13.4. The molecule has 9 heteroatoms. The van der Waals surface area contributed by atoms with Crippen molar-refractivity contribution >= 4 is 13.6 Å². The van der Waals surface area contributed by atoms with E-state index in [-0.39, 0.29) is 36.9 Å². The van der Waals surface area contributed by atoms with Crippen molar-refractivity contribution in [2.24, 2.45) is 0 Å². The van der Waals surface area contributed by atoms with Crippen LogP contribution in [0.15, 0.2) is 12.1 Å². The van der Waals surface area contributed by atoms with E-state index in [0.717, 1.165) is 0 Å². The molecule has 0 spiro atoms. The molecule has 0 radical (unpaired) electrons. The van der Waals surface area contributed by atoms with Crippen molar-refractivity contribution in [3.8, 4) is 17.2 Å². The van der Waals surface area contributed by atoms with Crippen LogP contribution < -0.4 is 14.2 Å². The van der Waals surface area contributed by atoms with E-state index in [1.807, 2.05) is 0 Å². The van der Waals surface area contributed by atoms with Gasteiger partial charge >= 0.3 is 13.6 Å². The zero-order valence-corrected chi connectivity index (χ0v) is 17.0. The molecule has 0 amide bonds. The average Bonchev–Trinajstić information content (AvgIpc) is 2.61. The van der Waals surface area contributed by atoms with E-state index in [4.69, 9.17) is 28.0 Å². The summed E-state index contributed by atoms with van der Waals surface area (Å²) in [7, 11) is 0.446. The molecule has 0 fully saturated rings.